The molecule has 0 unspecified atom stereocenters. The van der Waals surface area contributed by atoms with Crippen LogP contribution in [0.3, 0.4) is 0 Å². The fourth-order valence-electron chi connectivity index (χ4n) is 1.95. The van der Waals surface area contributed by atoms with E-state index in [4.69, 9.17) is 0 Å². The van der Waals surface area contributed by atoms with Crippen molar-refractivity contribution < 1.29 is 16.8 Å². The molecule has 2 aliphatic heterocycles. The summed E-state index contributed by atoms with van der Waals surface area (Å²) in [7, 11) is -4.64. The molecule has 0 aromatic heterocycles. The van der Waals surface area contributed by atoms with Gasteiger partial charge in [-0.15, -0.1) is 0 Å². The van der Waals surface area contributed by atoms with Crippen molar-refractivity contribution >= 4 is 20.0 Å². The molecule has 0 saturated carbocycles. The third-order valence-corrected chi connectivity index (χ3v) is 6.18. The minimum absolute atomic E-state index is 0.0922. The number of sulfonamides is 2. The molecular weight excluding hydrogens is 280 g/mol. The molecule has 0 spiro atoms. The van der Waals surface area contributed by atoms with Crippen LogP contribution in [-0.4, -0.2) is 82.6 Å². The van der Waals surface area contributed by atoms with Crippen LogP contribution in [0.15, 0.2) is 0 Å². The van der Waals surface area contributed by atoms with Crippen molar-refractivity contribution in [3.05, 3.63) is 0 Å². The lowest BCUT2D eigenvalue weighted by Crippen LogP contribution is -2.55. The standard InChI is InChI=1S/C8H18N4O4S2/c1-10-7-12(3-5-18(10,15)16)8-11-2-4-17(13,14)9-6-11/h9H,2-8H2,1H3. The van der Waals surface area contributed by atoms with Gasteiger partial charge in [-0.25, -0.2) is 21.6 Å². The highest BCUT2D eigenvalue weighted by Crippen LogP contribution is 2.09. The van der Waals surface area contributed by atoms with Crippen LogP contribution < -0.4 is 4.72 Å². The van der Waals surface area contributed by atoms with E-state index in [1.807, 2.05) is 9.80 Å². The number of nitrogens with one attached hydrogen (secondary N) is 1. The van der Waals surface area contributed by atoms with Crippen molar-refractivity contribution in [1.29, 1.82) is 0 Å². The van der Waals surface area contributed by atoms with Gasteiger partial charge in [0.1, 0.15) is 0 Å². The monoisotopic (exact) mass is 298 g/mol. The Balaban J connectivity index is 1.85. The van der Waals surface area contributed by atoms with E-state index in [9.17, 15) is 16.8 Å². The fourth-order valence-corrected chi connectivity index (χ4v) is 4.11. The highest BCUT2D eigenvalue weighted by atomic mass is 32.2. The van der Waals surface area contributed by atoms with Gasteiger partial charge in [0, 0.05) is 20.1 Å². The highest BCUT2D eigenvalue weighted by Gasteiger charge is 2.29. The summed E-state index contributed by atoms with van der Waals surface area (Å²) in [5, 5.41) is 0. The van der Waals surface area contributed by atoms with Gasteiger partial charge in [0.2, 0.25) is 20.0 Å². The number of rotatable bonds is 2. The highest BCUT2D eigenvalue weighted by molar-refractivity contribution is 7.89. The van der Waals surface area contributed by atoms with Crippen LogP contribution >= 0.6 is 0 Å². The summed E-state index contributed by atoms with van der Waals surface area (Å²) in [6.07, 6.45) is 0. The van der Waals surface area contributed by atoms with Gasteiger partial charge < -0.3 is 0 Å². The largest absolute Gasteiger partial charge is 0.276 e. The predicted molar refractivity (Wildman–Crippen MR) is 66.5 cm³/mol. The first-order valence-electron chi connectivity index (χ1n) is 5.65. The molecule has 0 aliphatic carbocycles. The lowest BCUT2D eigenvalue weighted by molar-refractivity contribution is 0.102. The van der Waals surface area contributed by atoms with E-state index in [-0.39, 0.29) is 18.2 Å². The molecule has 2 heterocycles. The molecule has 106 valence electrons. The molecule has 0 radical (unpaired) electrons. The zero-order valence-electron chi connectivity index (χ0n) is 10.2. The lowest BCUT2D eigenvalue weighted by Gasteiger charge is -2.37. The van der Waals surface area contributed by atoms with Crippen molar-refractivity contribution in [3.63, 3.8) is 0 Å². The van der Waals surface area contributed by atoms with Crippen molar-refractivity contribution in [2.75, 3.05) is 51.6 Å². The predicted octanol–water partition coefficient (Wildman–Crippen LogP) is -2.33. The molecule has 0 atom stereocenters. The summed E-state index contributed by atoms with van der Waals surface area (Å²) in [4.78, 5) is 3.94. The first kappa shape index (κ1) is 14.2. The van der Waals surface area contributed by atoms with Gasteiger partial charge in [-0.05, 0) is 0 Å². The van der Waals surface area contributed by atoms with Crippen molar-refractivity contribution in [3.8, 4) is 0 Å². The maximum atomic E-state index is 11.5. The lowest BCUT2D eigenvalue weighted by atomic mass is 10.5. The van der Waals surface area contributed by atoms with Crippen LogP contribution in [0.5, 0.6) is 0 Å². The van der Waals surface area contributed by atoms with E-state index >= 15 is 0 Å². The van der Waals surface area contributed by atoms with E-state index < -0.39 is 20.0 Å². The SMILES string of the molecule is CN1CN(CN2CCS(=O)(=O)NC2)CCS1(=O)=O. The van der Waals surface area contributed by atoms with Crippen molar-refractivity contribution in [2.45, 2.75) is 0 Å². The van der Waals surface area contributed by atoms with Crippen LogP contribution in [0.25, 0.3) is 0 Å². The van der Waals surface area contributed by atoms with E-state index in [1.54, 1.807) is 7.05 Å². The van der Waals surface area contributed by atoms with Crippen LogP contribution in [-0.2, 0) is 20.0 Å². The summed E-state index contributed by atoms with van der Waals surface area (Å²) in [5.41, 5.74) is 0. The first-order valence-corrected chi connectivity index (χ1v) is 8.91. The molecule has 2 rings (SSSR count). The Morgan fingerprint density at radius 2 is 1.72 bits per heavy atom. The van der Waals surface area contributed by atoms with Crippen LogP contribution in [0, 0.1) is 0 Å². The second kappa shape index (κ2) is 5.02. The molecule has 8 nitrogen and oxygen atoms in total. The molecule has 2 fully saturated rings. The Morgan fingerprint density at radius 1 is 1.06 bits per heavy atom. The van der Waals surface area contributed by atoms with E-state index in [0.29, 0.717) is 26.4 Å². The minimum Gasteiger partial charge on any atom is -0.276 e. The molecular formula is C8H18N4O4S2. The molecule has 2 saturated heterocycles. The molecule has 18 heavy (non-hydrogen) atoms. The third-order valence-electron chi connectivity index (χ3n) is 3.12. The second-order valence-electron chi connectivity index (χ2n) is 4.61. The van der Waals surface area contributed by atoms with Crippen LogP contribution in [0.1, 0.15) is 0 Å². The smallest absolute Gasteiger partial charge is 0.216 e. The van der Waals surface area contributed by atoms with Crippen molar-refractivity contribution in [1.82, 2.24) is 18.8 Å². The van der Waals surface area contributed by atoms with Crippen LogP contribution in [0.2, 0.25) is 0 Å². The number of nitrogens with zero attached hydrogens (tertiary/aromatic N) is 3. The molecule has 0 aromatic rings. The molecule has 0 bridgehead atoms. The Kier molecular flexibility index (Phi) is 3.95. The topological polar surface area (TPSA) is 90.0 Å². The fraction of sp³-hybridized carbons (Fsp3) is 1.00. The first-order chi connectivity index (χ1) is 8.28. The third kappa shape index (κ3) is 3.39. The average molecular weight is 298 g/mol. The summed E-state index contributed by atoms with van der Waals surface area (Å²) in [6, 6.07) is 0. The molecule has 2 aliphatic rings. The quantitative estimate of drug-likeness (QED) is 0.615. The second-order valence-corrected chi connectivity index (χ2v) is 8.73. The molecule has 0 aromatic carbocycles. The molecule has 1 N–H and O–H groups in total. The van der Waals surface area contributed by atoms with Gasteiger partial charge in [0.15, 0.2) is 0 Å². The van der Waals surface area contributed by atoms with Gasteiger partial charge in [0.25, 0.3) is 0 Å². The minimum atomic E-state index is -3.10. The summed E-state index contributed by atoms with van der Waals surface area (Å²) in [5.74, 6) is 0.206. The van der Waals surface area contributed by atoms with Gasteiger partial charge in [0.05, 0.1) is 31.5 Å². The maximum Gasteiger partial charge on any atom is 0.216 e. The van der Waals surface area contributed by atoms with Gasteiger partial charge in [-0.2, -0.15) is 4.31 Å². The molecule has 0 amide bonds. The van der Waals surface area contributed by atoms with Crippen molar-refractivity contribution in [2.24, 2.45) is 0 Å². The Morgan fingerprint density at radius 3 is 2.28 bits per heavy atom. The van der Waals surface area contributed by atoms with E-state index in [1.165, 1.54) is 4.31 Å². The zero-order valence-corrected chi connectivity index (χ0v) is 11.9. The zero-order chi connectivity index (χ0) is 13.4. The van der Waals surface area contributed by atoms with Gasteiger partial charge >= 0.3 is 0 Å². The van der Waals surface area contributed by atoms with Gasteiger partial charge in [-0.3, -0.25) is 9.80 Å². The summed E-state index contributed by atoms with van der Waals surface area (Å²) < 4.78 is 49.2. The Bertz CT molecular complexity index is 489. The van der Waals surface area contributed by atoms with E-state index in [0.717, 1.165) is 0 Å². The Labute approximate surface area is 108 Å². The maximum absolute atomic E-state index is 11.5. The summed E-state index contributed by atoms with van der Waals surface area (Å²) in [6.45, 7) is 2.17. The number of hydrogen-bond acceptors (Lipinski definition) is 6. The Hall–Kier alpha value is -0.260. The summed E-state index contributed by atoms with van der Waals surface area (Å²) >= 11 is 0. The van der Waals surface area contributed by atoms with Crippen LogP contribution in [0.4, 0.5) is 0 Å². The number of hydrogen-bond donors (Lipinski definition) is 1. The average Bonchev–Trinajstić information content (AvgIpc) is 2.27. The van der Waals surface area contributed by atoms with E-state index in [2.05, 4.69) is 4.72 Å². The van der Waals surface area contributed by atoms with Gasteiger partial charge in [-0.1, -0.05) is 0 Å². The molecule has 10 heteroatoms. The normalized spacial score (nSPS) is 30.3.